The highest BCUT2D eigenvalue weighted by molar-refractivity contribution is 6.30. The van der Waals surface area contributed by atoms with Crippen molar-refractivity contribution in [1.82, 2.24) is 0 Å². The number of aromatic nitrogens is 1. The predicted molar refractivity (Wildman–Crippen MR) is 139 cm³/mol. The van der Waals surface area contributed by atoms with E-state index < -0.39 is 0 Å². The van der Waals surface area contributed by atoms with Crippen molar-refractivity contribution >= 4 is 23.4 Å². The van der Waals surface area contributed by atoms with Crippen LogP contribution in [0, 0.1) is 0 Å². The summed E-state index contributed by atoms with van der Waals surface area (Å²) in [6.07, 6.45) is 4.35. The molecule has 0 atom stereocenters. The highest BCUT2D eigenvalue weighted by atomic mass is 35.5. The van der Waals surface area contributed by atoms with E-state index in [1.165, 1.54) is 11.1 Å². The lowest BCUT2D eigenvalue weighted by molar-refractivity contribution is -0.566. The fourth-order valence-corrected chi connectivity index (χ4v) is 4.21. The maximum absolute atomic E-state index is 6.30. The fraction of sp³-hybridized carbons (Fsp3) is 0. The summed E-state index contributed by atoms with van der Waals surface area (Å²) in [5.41, 5.74) is 7.92. The average Bonchev–Trinajstić information content (AvgIpc) is 2.89. The van der Waals surface area contributed by atoms with E-state index in [1.54, 1.807) is 0 Å². The summed E-state index contributed by atoms with van der Waals surface area (Å²) in [7, 11) is 0. The van der Waals surface area contributed by atoms with Crippen molar-refractivity contribution in [1.29, 1.82) is 0 Å². The maximum Gasteiger partial charge on any atom is 0.219 e. The first-order valence-electron chi connectivity index (χ1n) is 11.0. The van der Waals surface area contributed by atoms with Crippen molar-refractivity contribution in [2.75, 3.05) is 0 Å². The molecule has 0 spiro atoms. The number of hydrogen-bond acceptors (Lipinski definition) is 0. The largest absolute Gasteiger partial charge is 0.219 e. The molecule has 0 saturated carbocycles. The van der Waals surface area contributed by atoms with Gasteiger partial charge in [0.15, 0.2) is 6.20 Å². The monoisotopic (exact) mass is 444 g/mol. The molecular formula is C31H23ClN+. The molecule has 0 amide bonds. The lowest BCUT2D eigenvalue weighted by atomic mass is 10.0. The first-order valence-corrected chi connectivity index (χ1v) is 11.4. The minimum Gasteiger partial charge on any atom is -0.159 e. The molecule has 1 aromatic heterocycles. The molecule has 1 nitrogen and oxygen atoms in total. The van der Waals surface area contributed by atoms with Crippen LogP contribution in [0.2, 0.25) is 5.02 Å². The van der Waals surface area contributed by atoms with Gasteiger partial charge in [-0.2, -0.15) is 4.57 Å². The van der Waals surface area contributed by atoms with Crippen LogP contribution in [0.3, 0.4) is 0 Å². The minimum atomic E-state index is 0.726. The van der Waals surface area contributed by atoms with E-state index in [0.717, 1.165) is 33.1 Å². The summed E-state index contributed by atoms with van der Waals surface area (Å²) in [5, 5.41) is 0.726. The average molecular weight is 445 g/mol. The Morgan fingerprint density at radius 2 is 1.21 bits per heavy atom. The van der Waals surface area contributed by atoms with Crippen LogP contribution in [-0.4, -0.2) is 0 Å². The van der Waals surface area contributed by atoms with Gasteiger partial charge in [-0.05, 0) is 53.1 Å². The van der Waals surface area contributed by atoms with Crippen LogP contribution in [0.4, 0.5) is 0 Å². The third kappa shape index (κ3) is 4.79. The van der Waals surface area contributed by atoms with E-state index in [4.69, 9.17) is 11.6 Å². The van der Waals surface area contributed by atoms with Gasteiger partial charge < -0.3 is 0 Å². The molecule has 0 N–H and O–H groups in total. The Morgan fingerprint density at radius 1 is 0.576 bits per heavy atom. The molecule has 0 radical (unpaired) electrons. The molecule has 0 aliphatic carbocycles. The van der Waals surface area contributed by atoms with Gasteiger partial charge in [0, 0.05) is 34.4 Å². The van der Waals surface area contributed by atoms with Crippen LogP contribution in [-0.2, 0) is 0 Å². The number of benzene rings is 4. The molecule has 0 saturated heterocycles. The molecule has 0 bridgehead atoms. The van der Waals surface area contributed by atoms with Crippen molar-refractivity contribution in [2.45, 2.75) is 0 Å². The summed E-state index contributed by atoms with van der Waals surface area (Å²) >= 11 is 6.30. The Balaban J connectivity index is 1.75. The summed E-state index contributed by atoms with van der Waals surface area (Å²) in [4.78, 5) is 0. The zero-order valence-corrected chi connectivity index (χ0v) is 18.9. The van der Waals surface area contributed by atoms with Gasteiger partial charge in [-0.1, -0.05) is 90.5 Å². The van der Waals surface area contributed by atoms with Gasteiger partial charge in [0.05, 0.1) is 0 Å². The summed E-state index contributed by atoms with van der Waals surface area (Å²) in [6, 6.07) is 43.9. The standard InChI is InChI=1S/C31H23ClN/c32-29-18-10-11-24(21-29)22-30(26-14-6-2-7-15-26)33-20-19-28(25-12-4-1-5-13-25)23-31(33)27-16-8-3-9-17-27/h1-23H/q+1/b30-22-. The lowest BCUT2D eigenvalue weighted by Crippen LogP contribution is -2.35. The highest BCUT2D eigenvalue weighted by Crippen LogP contribution is 2.27. The summed E-state index contributed by atoms with van der Waals surface area (Å²) in [5.74, 6) is 0. The van der Waals surface area contributed by atoms with E-state index in [1.807, 2.05) is 30.3 Å². The molecule has 5 rings (SSSR count). The Labute approximate surface area is 199 Å². The van der Waals surface area contributed by atoms with E-state index in [0.29, 0.717) is 0 Å². The number of rotatable bonds is 5. The molecule has 0 unspecified atom stereocenters. The molecule has 158 valence electrons. The van der Waals surface area contributed by atoms with Gasteiger partial charge >= 0.3 is 0 Å². The van der Waals surface area contributed by atoms with E-state index >= 15 is 0 Å². The molecule has 2 heteroatoms. The first kappa shape index (κ1) is 20.9. The molecular weight excluding hydrogens is 422 g/mol. The van der Waals surface area contributed by atoms with Crippen LogP contribution >= 0.6 is 11.6 Å². The third-order valence-corrected chi connectivity index (χ3v) is 5.85. The van der Waals surface area contributed by atoms with Crippen LogP contribution in [0.1, 0.15) is 11.1 Å². The fourth-order valence-electron chi connectivity index (χ4n) is 4.01. The molecule has 5 aromatic rings. The van der Waals surface area contributed by atoms with E-state index in [2.05, 4.69) is 114 Å². The predicted octanol–water partition coefficient (Wildman–Crippen LogP) is 8.01. The zero-order valence-electron chi connectivity index (χ0n) is 18.1. The Hall–Kier alpha value is -3.94. The topological polar surface area (TPSA) is 3.88 Å². The van der Waals surface area contributed by atoms with Gasteiger partial charge in [0.2, 0.25) is 11.4 Å². The number of halogens is 1. The Bertz CT molecular complexity index is 1390. The quantitative estimate of drug-likeness (QED) is 0.191. The normalized spacial score (nSPS) is 11.4. The van der Waals surface area contributed by atoms with Crippen LogP contribution < -0.4 is 4.57 Å². The van der Waals surface area contributed by atoms with Crippen LogP contribution in [0.15, 0.2) is 134 Å². The van der Waals surface area contributed by atoms with Crippen LogP contribution in [0.25, 0.3) is 34.2 Å². The van der Waals surface area contributed by atoms with E-state index in [9.17, 15) is 0 Å². The second-order valence-corrected chi connectivity index (χ2v) is 8.29. The first-order chi connectivity index (χ1) is 16.3. The van der Waals surface area contributed by atoms with Crippen molar-refractivity contribution < 1.29 is 4.57 Å². The Kier molecular flexibility index (Phi) is 6.14. The highest BCUT2D eigenvalue weighted by Gasteiger charge is 2.21. The number of nitrogens with zero attached hydrogens (tertiary/aromatic N) is 1. The third-order valence-electron chi connectivity index (χ3n) is 5.61. The second kappa shape index (κ2) is 9.68. The van der Waals surface area contributed by atoms with E-state index in [-0.39, 0.29) is 0 Å². The summed E-state index contributed by atoms with van der Waals surface area (Å²) < 4.78 is 2.26. The van der Waals surface area contributed by atoms with Gasteiger partial charge in [-0.25, -0.2) is 0 Å². The molecule has 4 aromatic carbocycles. The van der Waals surface area contributed by atoms with Crippen molar-refractivity contribution in [3.8, 4) is 22.4 Å². The van der Waals surface area contributed by atoms with Gasteiger partial charge in [0.1, 0.15) is 0 Å². The second-order valence-electron chi connectivity index (χ2n) is 7.85. The smallest absolute Gasteiger partial charge is 0.159 e. The van der Waals surface area contributed by atoms with Crippen molar-refractivity contribution in [2.24, 2.45) is 0 Å². The number of pyridine rings is 1. The lowest BCUT2D eigenvalue weighted by Gasteiger charge is -2.10. The molecule has 1 heterocycles. The van der Waals surface area contributed by atoms with Gasteiger partial charge in [-0.3, -0.25) is 0 Å². The minimum absolute atomic E-state index is 0.726. The molecule has 0 aliphatic heterocycles. The SMILES string of the molecule is Clc1cccc(/C=C(/c2ccccc2)[n+]2ccc(-c3ccccc3)cc2-c2ccccc2)c1. The molecule has 0 fully saturated rings. The Morgan fingerprint density at radius 3 is 1.88 bits per heavy atom. The zero-order chi connectivity index (χ0) is 22.5. The maximum atomic E-state index is 6.30. The van der Waals surface area contributed by atoms with Crippen molar-refractivity contribution in [3.63, 3.8) is 0 Å². The van der Waals surface area contributed by atoms with Gasteiger partial charge in [0.25, 0.3) is 0 Å². The molecule has 33 heavy (non-hydrogen) atoms. The van der Waals surface area contributed by atoms with Crippen LogP contribution in [0.5, 0.6) is 0 Å². The van der Waals surface area contributed by atoms with Crippen molar-refractivity contribution in [3.05, 3.63) is 150 Å². The molecule has 0 aliphatic rings. The number of hydrogen-bond donors (Lipinski definition) is 0. The summed E-state index contributed by atoms with van der Waals surface area (Å²) in [6.45, 7) is 0. The van der Waals surface area contributed by atoms with Gasteiger partial charge in [-0.15, -0.1) is 0 Å².